The molecule has 4 atom stereocenters. The summed E-state index contributed by atoms with van der Waals surface area (Å²) >= 11 is 0. The van der Waals surface area contributed by atoms with Crippen LogP contribution in [0.4, 0.5) is 14.0 Å². The number of aliphatic hydroxyl groups excluding tert-OH is 1. The number of alkyl halides is 1. The minimum absolute atomic E-state index is 0.146. The summed E-state index contributed by atoms with van der Waals surface area (Å²) < 4.78 is 74.9. The smallest absolute Gasteiger partial charge is 0.476 e. The number of aliphatic hydroxyl groups is 2. The summed E-state index contributed by atoms with van der Waals surface area (Å²) in [6.45, 7) is 6.41. The molecule has 0 amide bonds. The summed E-state index contributed by atoms with van der Waals surface area (Å²) in [6, 6.07) is 0. The van der Waals surface area contributed by atoms with Crippen LogP contribution in [-0.2, 0) is 41.8 Å². The fourth-order valence-electron chi connectivity index (χ4n) is 4.10. The summed E-state index contributed by atoms with van der Waals surface area (Å²) in [5.41, 5.74) is -4.21. The van der Waals surface area contributed by atoms with Crippen LogP contribution in [0.2, 0.25) is 0 Å². The van der Waals surface area contributed by atoms with Gasteiger partial charge in [-0.05, 0) is 48.5 Å². The molecular formula is C25H38FN4O14P. The van der Waals surface area contributed by atoms with E-state index in [1.54, 1.807) is 41.5 Å². The van der Waals surface area contributed by atoms with E-state index in [9.17, 15) is 28.8 Å². The number of hydrogen-bond acceptors (Lipinski definition) is 17. The van der Waals surface area contributed by atoms with Crippen LogP contribution >= 0.6 is 7.82 Å². The van der Waals surface area contributed by atoms with E-state index in [1.165, 1.54) is 17.8 Å². The van der Waals surface area contributed by atoms with Crippen molar-refractivity contribution < 1.29 is 70.8 Å². The largest absolute Gasteiger partial charge is 0.510 e. The van der Waals surface area contributed by atoms with E-state index in [0.29, 0.717) is 5.82 Å². The summed E-state index contributed by atoms with van der Waals surface area (Å²) in [6.07, 6.45) is -5.73. The molecule has 0 aliphatic carbocycles. The predicted molar refractivity (Wildman–Crippen MR) is 148 cm³/mol. The van der Waals surface area contributed by atoms with Gasteiger partial charge in [0.15, 0.2) is 23.0 Å². The van der Waals surface area contributed by atoms with Gasteiger partial charge in [0.25, 0.3) is 0 Å². The highest BCUT2D eigenvalue weighted by Crippen LogP contribution is 2.53. The second kappa shape index (κ2) is 14.9. The van der Waals surface area contributed by atoms with Crippen LogP contribution in [0.3, 0.4) is 0 Å². The third-order valence-electron chi connectivity index (χ3n) is 6.07. The van der Waals surface area contributed by atoms with Crippen LogP contribution in [0.15, 0.2) is 6.33 Å². The minimum Gasteiger partial charge on any atom is -0.476 e. The molecule has 20 heteroatoms. The molecule has 3 rings (SSSR count). The van der Waals surface area contributed by atoms with E-state index >= 15 is 0 Å². The number of hydrogen-bond donors (Lipinski definition) is 2. The number of nitrogens with zero attached hydrogens (tertiary/aromatic N) is 4. The zero-order valence-corrected chi connectivity index (χ0v) is 26.7. The van der Waals surface area contributed by atoms with Gasteiger partial charge in [0, 0.05) is 0 Å². The van der Waals surface area contributed by atoms with Crippen molar-refractivity contribution in [3.05, 3.63) is 12.2 Å². The molecule has 0 spiro atoms. The number of fused-ring (bicyclic) bond motifs is 1. The molecule has 0 radical (unpaired) electrons. The number of ether oxygens (including phenoxy) is 6. The summed E-state index contributed by atoms with van der Waals surface area (Å²) in [4.78, 5) is 36.2. The number of phosphoric acid groups is 1. The van der Waals surface area contributed by atoms with Crippen molar-refractivity contribution in [3.63, 3.8) is 0 Å². The van der Waals surface area contributed by atoms with Crippen molar-refractivity contribution in [2.24, 2.45) is 0 Å². The van der Waals surface area contributed by atoms with E-state index in [-0.39, 0.29) is 23.7 Å². The third kappa shape index (κ3) is 8.75. The fraction of sp³-hybridized carbons (Fsp3) is 0.720. The van der Waals surface area contributed by atoms with Crippen molar-refractivity contribution >= 4 is 31.3 Å². The second-order valence-corrected chi connectivity index (χ2v) is 12.1. The van der Waals surface area contributed by atoms with Gasteiger partial charge in [0.1, 0.15) is 24.2 Å². The summed E-state index contributed by atoms with van der Waals surface area (Å²) in [5.74, 6) is 0.450. The Kier molecular flexibility index (Phi) is 12.0. The number of carbonyl (C=O) groups excluding carboxylic acids is 2. The number of carbonyl (C=O) groups is 2. The Hall–Kier alpha value is -3.19. The van der Waals surface area contributed by atoms with Gasteiger partial charge in [-0.1, -0.05) is 0 Å². The maximum atomic E-state index is 14.7. The number of phosphoric ester groups is 1. The molecule has 1 aliphatic heterocycles. The Morgan fingerprint density at radius 1 is 1.09 bits per heavy atom. The molecule has 1 fully saturated rings. The average Bonchev–Trinajstić information content (AvgIpc) is 3.43. The Morgan fingerprint density at radius 2 is 1.67 bits per heavy atom. The average molecular weight is 669 g/mol. The second-order valence-electron chi connectivity index (χ2n) is 10.5. The van der Waals surface area contributed by atoms with Crippen LogP contribution in [0.1, 0.15) is 53.6 Å². The van der Waals surface area contributed by atoms with Gasteiger partial charge < -0.3 is 38.6 Å². The molecule has 0 bridgehead atoms. The predicted octanol–water partition coefficient (Wildman–Crippen LogP) is 3.08. The van der Waals surface area contributed by atoms with Crippen LogP contribution in [0.5, 0.6) is 5.88 Å². The standard InChI is InChI=1S/C25H38FN4O14P/c1-8-36-19-17-18(28-16(6)29-19)30(11-27-17)21-24(7,34)20(31)25(9-26,44-21)10-39-45(35,40-12-37-22(32)42-14(2)3)41-13-38-23(33)43-15(4)5/h11,14-15,20-21,31,34H,8-10,12-13H2,1-7H3/t20-,21+,24+,25+/m0/s1. The topological polar surface area (TPSA) is 218 Å². The normalized spacial score (nSPS) is 23.5. The van der Waals surface area contributed by atoms with Crippen LogP contribution in [0, 0.1) is 6.92 Å². The van der Waals surface area contributed by atoms with Crippen molar-refractivity contribution in [2.45, 2.75) is 84.2 Å². The number of aryl methyl sites for hydroxylation is 1. The number of imidazole rings is 1. The lowest BCUT2D eigenvalue weighted by Gasteiger charge is -2.31. The van der Waals surface area contributed by atoms with Crippen LogP contribution in [-0.4, -0.2) is 105 Å². The fourth-order valence-corrected chi connectivity index (χ4v) is 5.07. The Morgan fingerprint density at radius 3 is 2.18 bits per heavy atom. The Labute approximate surface area is 257 Å². The lowest BCUT2D eigenvalue weighted by atomic mass is 9.88. The Balaban J connectivity index is 1.84. The van der Waals surface area contributed by atoms with E-state index < -0.39 is 82.7 Å². The van der Waals surface area contributed by atoms with Crippen molar-refractivity contribution in [1.82, 2.24) is 19.5 Å². The lowest BCUT2D eigenvalue weighted by molar-refractivity contribution is -0.139. The first kappa shape index (κ1) is 36.3. The van der Waals surface area contributed by atoms with Crippen molar-refractivity contribution in [1.29, 1.82) is 0 Å². The molecule has 18 nitrogen and oxygen atoms in total. The van der Waals surface area contributed by atoms with Crippen molar-refractivity contribution in [2.75, 3.05) is 33.5 Å². The van der Waals surface area contributed by atoms with E-state index in [1.807, 2.05) is 0 Å². The zero-order valence-electron chi connectivity index (χ0n) is 25.8. The molecule has 0 unspecified atom stereocenters. The zero-order chi connectivity index (χ0) is 33.6. The number of rotatable bonds is 15. The van der Waals surface area contributed by atoms with Crippen LogP contribution < -0.4 is 4.74 Å². The number of halogens is 1. The first-order chi connectivity index (χ1) is 21.1. The van der Waals surface area contributed by atoms with Gasteiger partial charge in [-0.3, -0.25) is 9.09 Å². The summed E-state index contributed by atoms with van der Waals surface area (Å²) in [5, 5.41) is 22.5. The maximum Gasteiger partial charge on any atom is 0.510 e. The molecule has 3 heterocycles. The first-order valence-corrected chi connectivity index (χ1v) is 15.2. The monoisotopic (exact) mass is 668 g/mol. The Bertz CT molecular complexity index is 1340. The highest BCUT2D eigenvalue weighted by Gasteiger charge is 2.63. The molecule has 0 saturated carbocycles. The molecule has 0 aromatic carbocycles. The molecule has 1 aliphatic rings. The highest BCUT2D eigenvalue weighted by molar-refractivity contribution is 7.48. The van der Waals surface area contributed by atoms with Gasteiger partial charge in [-0.2, -0.15) is 4.98 Å². The molecule has 2 aromatic heterocycles. The van der Waals surface area contributed by atoms with Gasteiger partial charge in [0.05, 0.1) is 31.7 Å². The highest BCUT2D eigenvalue weighted by atomic mass is 31.2. The lowest BCUT2D eigenvalue weighted by Crippen LogP contribution is -2.53. The molecule has 2 aromatic rings. The summed E-state index contributed by atoms with van der Waals surface area (Å²) in [7, 11) is -4.88. The quantitative estimate of drug-likeness (QED) is 0.158. The SMILES string of the molecule is CCOc1nc(C)nc2c1ncn2[C@@H]1O[C@](CF)(COP(=O)(OCOC(=O)OC(C)C)OCOC(=O)OC(C)C)[C@@H](O)[C@@]1(C)O. The van der Waals surface area contributed by atoms with E-state index in [2.05, 4.69) is 24.4 Å². The van der Waals surface area contributed by atoms with Gasteiger partial charge in [0.2, 0.25) is 19.5 Å². The van der Waals surface area contributed by atoms with E-state index in [0.717, 1.165) is 0 Å². The van der Waals surface area contributed by atoms with Crippen LogP contribution in [0.25, 0.3) is 11.2 Å². The molecule has 45 heavy (non-hydrogen) atoms. The molecule has 254 valence electrons. The third-order valence-corrected chi connectivity index (χ3v) is 7.35. The first-order valence-electron chi connectivity index (χ1n) is 13.8. The minimum atomic E-state index is -4.88. The van der Waals surface area contributed by atoms with Crippen molar-refractivity contribution in [3.8, 4) is 5.88 Å². The van der Waals surface area contributed by atoms with Gasteiger partial charge in [-0.15, -0.1) is 0 Å². The molecule has 2 N–H and O–H groups in total. The molecular weight excluding hydrogens is 630 g/mol. The number of aromatic nitrogens is 4. The molecule has 1 saturated heterocycles. The maximum absolute atomic E-state index is 14.7. The van der Waals surface area contributed by atoms with Gasteiger partial charge >= 0.3 is 20.1 Å². The van der Waals surface area contributed by atoms with E-state index in [4.69, 9.17) is 32.5 Å². The van der Waals surface area contributed by atoms with Gasteiger partial charge in [-0.25, -0.2) is 37.6 Å².